The van der Waals surface area contributed by atoms with Crippen LogP contribution in [-0.2, 0) is 4.74 Å². The van der Waals surface area contributed by atoms with Crippen LogP contribution >= 0.6 is 0 Å². The molecule has 4 nitrogen and oxygen atoms in total. The van der Waals surface area contributed by atoms with Gasteiger partial charge in [0, 0.05) is 12.3 Å². The summed E-state index contributed by atoms with van der Waals surface area (Å²) in [5.74, 6) is -2.96. The molecule has 0 amide bonds. The summed E-state index contributed by atoms with van der Waals surface area (Å²) in [5, 5.41) is 4.20. The Morgan fingerprint density at radius 1 is 1.30 bits per heavy atom. The molecule has 0 aliphatic carbocycles. The van der Waals surface area contributed by atoms with Crippen LogP contribution in [0.15, 0.2) is 24.3 Å². The van der Waals surface area contributed by atoms with Crippen molar-refractivity contribution in [3.8, 4) is 5.75 Å². The Morgan fingerprint density at radius 2 is 2.07 bits per heavy atom. The Morgan fingerprint density at radius 3 is 2.70 bits per heavy atom. The molecular weight excluding hydrogens is 371 g/mol. The van der Waals surface area contributed by atoms with E-state index >= 15 is 0 Å². The lowest BCUT2D eigenvalue weighted by atomic mass is 10.1. The molecule has 0 radical (unpaired) electrons. The fraction of sp³-hybridized carbons (Fsp3) is 0.389. The molecule has 1 aliphatic rings. The first-order valence-corrected chi connectivity index (χ1v) is 8.33. The summed E-state index contributed by atoms with van der Waals surface area (Å²) in [5.41, 5.74) is 0.791. The normalized spacial score (nSPS) is 18.6. The molecule has 3 rings (SSSR count). The maximum atomic E-state index is 14.5. The van der Waals surface area contributed by atoms with Gasteiger partial charge in [-0.15, -0.1) is 13.2 Å². The summed E-state index contributed by atoms with van der Waals surface area (Å²) in [7, 11) is 0. The second-order valence-corrected chi connectivity index (χ2v) is 6.17. The topological polar surface area (TPSA) is 36.3 Å². The number of ether oxygens (including phenoxy) is 2. The van der Waals surface area contributed by atoms with Crippen LogP contribution in [0, 0.1) is 12.7 Å². The van der Waals surface area contributed by atoms with Gasteiger partial charge in [0.25, 0.3) is 0 Å². The van der Waals surface area contributed by atoms with E-state index in [0.717, 1.165) is 43.5 Å². The molecule has 1 atom stereocenters. The second kappa shape index (κ2) is 7.67. The summed E-state index contributed by atoms with van der Waals surface area (Å²) in [4.78, 5) is 0. The maximum Gasteiger partial charge on any atom is 0.573 e. The van der Waals surface area contributed by atoms with Gasteiger partial charge in [-0.1, -0.05) is 6.07 Å². The number of aryl methyl sites for hydroxylation is 1. The average molecular weight is 388 g/mol. The van der Waals surface area contributed by atoms with Gasteiger partial charge in [0.1, 0.15) is 11.9 Å². The van der Waals surface area contributed by atoms with Crippen molar-refractivity contribution in [1.29, 1.82) is 0 Å². The zero-order valence-corrected chi connectivity index (χ0v) is 14.4. The minimum absolute atomic E-state index is 0.0395. The van der Waals surface area contributed by atoms with Gasteiger partial charge in [-0.3, -0.25) is 0 Å². The van der Waals surface area contributed by atoms with E-state index in [-0.39, 0.29) is 17.5 Å². The standard InChI is InChI=1S/C18H17F5N2O2/c1-11-8-15(24-25(11)17-4-2-3-7-26-17)13(19)9-12-5-6-16(14(20)10-12)27-18(21,22)23/h5-6,8-10,17H,2-4,7H2,1H3/b13-9-. The third-order valence-electron chi connectivity index (χ3n) is 4.07. The molecule has 2 heterocycles. The highest BCUT2D eigenvalue weighted by Crippen LogP contribution is 2.29. The molecule has 1 saturated heterocycles. The minimum atomic E-state index is -5.00. The van der Waals surface area contributed by atoms with Crippen LogP contribution in [0.25, 0.3) is 11.9 Å². The summed E-state index contributed by atoms with van der Waals surface area (Å²) in [6.07, 6.45) is -1.53. The van der Waals surface area contributed by atoms with Crippen LogP contribution in [0.5, 0.6) is 5.75 Å². The first kappa shape index (κ1) is 19.3. The third kappa shape index (κ3) is 4.85. The Bertz CT molecular complexity index is 839. The molecule has 1 fully saturated rings. The van der Waals surface area contributed by atoms with Crippen molar-refractivity contribution in [3.05, 3.63) is 47.0 Å². The van der Waals surface area contributed by atoms with Crippen LogP contribution in [0.1, 0.15) is 42.4 Å². The van der Waals surface area contributed by atoms with E-state index in [1.165, 1.54) is 6.07 Å². The number of halogens is 5. The monoisotopic (exact) mass is 388 g/mol. The van der Waals surface area contributed by atoms with Crippen molar-refractivity contribution in [1.82, 2.24) is 9.78 Å². The highest BCUT2D eigenvalue weighted by atomic mass is 19.4. The van der Waals surface area contributed by atoms with Gasteiger partial charge in [0.2, 0.25) is 0 Å². The molecule has 1 aromatic carbocycles. The van der Waals surface area contributed by atoms with E-state index in [0.29, 0.717) is 12.3 Å². The molecule has 27 heavy (non-hydrogen) atoms. The zero-order chi connectivity index (χ0) is 19.6. The van der Waals surface area contributed by atoms with E-state index in [9.17, 15) is 22.0 Å². The molecule has 1 unspecified atom stereocenters. The number of rotatable bonds is 4. The predicted molar refractivity (Wildman–Crippen MR) is 87.9 cm³/mol. The Hall–Kier alpha value is -2.42. The minimum Gasteiger partial charge on any atom is -0.403 e. The Kier molecular flexibility index (Phi) is 5.50. The summed E-state index contributed by atoms with van der Waals surface area (Å²) < 4.78 is 75.5. The summed E-state index contributed by atoms with van der Waals surface area (Å²) in [6, 6.07) is 4.20. The quantitative estimate of drug-likeness (QED) is 0.659. The molecule has 1 aromatic heterocycles. The van der Waals surface area contributed by atoms with Crippen molar-refractivity contribution in [2.75, 3.05) is 6.61 Å². The number of hydrogen-bond acceptors (Lipinski definition) is 3. The molecule has 0 saturated carbocycles. The van der Waals surface area contributed by atoms with E-state index < -0.39 is 23.8 Å². The largest absolute Gasteiger partial charge is 0.573 e. The predicted octanol–water partition coefficient (Wildman–Crippen LogP) is 5.40. The highest BCUT2D eigenvalue weighted by Gasteiger charge is 2.32. The molecule has 2 aromatic rings. The van der Waals surface area contributed by atoms with Crippen molar-refractivity contribution in [3.63, 3.8) is 0 Å². The lowest BCUT2D eigenvalue weighted by Crippen LogP contribution is -2.20. The molecular formula is C18H17F5N2O2. The maximum absolute atomic E-state index is 14.5. The summed E-state index contributed by atoms with van der Waals surface area (Å²) >= 11 is 0. The lowest BCUT2D eigenvalue weighted by molar-refractivity contribution is -0.275. The van der Waals surface area contributed by atoms with Gasteiger partial charge < -0.3 is 9.47 Å². The van der Waals surface area contributed by atoms with Crippen molar-refractivity contribution in [2.24, 2.45) is 0 Å². The molecule has 9 heteroatoms. The number of benzene rings is 1. The average Bonchev–Trinajstić information content (AvgIpc) is 2.99. The summed E-state index contributed by atoms with van der Waals surface area (Å²) in [6.45, 7) is 2.38. The molecule has 0 spiro atoms. The third-order valence-corrected chi connectivity index (χ3v) is 4.07. The van der Waals surface area contributed by atoms with Crippen LogP contribution in [0.2, 0.25) is 0 Å². The zero-order valence-electron chi connectivity index (χ0n) is 14.4. The first-order valence-electron chi connectivity index (χ1n) is 8.33. The SMILES string of the molecule is Cc1cc(/C(F)=C/c2ccc(OC(F)(F)F)c(F)c2)nn1C1CCCCO1. The second-order valence-electron chi connectivity index (χ2n) is 6.17. The van der Waals surface area contributed by atoms with Gasteiger partial charge in [0.05, 0.1) is 0 Å². The molecule has 1 aliphatic heterocycles. The van der Waals surface area contributed by atoms with E-state index in [1.807, 2.05) is 0 Å². The van der Waals surface area contributed by atoms with E-state index in [4.69, 9.17) is 4.74 Å². The Labute approximate surface area is 152 Å². The van der Waals surface area contributed by atoms with Crippen LogP contribution in [0.4, 0.5) is 22.0 Å². The highest BCUT2D eigenvalue weighted by molar-refractivity contribution is 5.75. The molecule has 0 bridgehead atoms. The van der Waals surface area contributed by atoms with Crippen LogP contribution < -0.4 is 4.74 Å². The van der Waals surface area contributed by atoms with E-state index in [2.05, 4.69) is 9.84 Å². The van der Waals surface area contributed by atoms with Gasteiger partial charge in [-0.2, -0.15) is 5.10 Å². The number of aromatic nitrogens is 2. The van der Waals surface area contributed by atoms with Gasteiger partial charge in [-0.25, -0.2) is 13.5 Å². The van der Waals surface area contributed by atoms with Gasteiger partial charge in [-0.05, 0) is 56.0 Å². The van der Waals surface area contributed by atoms with Crippen LogP contribution in [-0.4, -0.2) is 22.7 Å². The van der Waals surface area contributed by atoms with Crippen molar-refractivity contribution < 1.29 is 31.4 Å². The van der Waals surface area contributed by atoms with Gasteiger partial charge >= 0.3 is 6.36 Å². The number of nitrogens with zero attached hydrogens (tertiary/aromatic N) is 2. The van der Waals surface area contributed by atoms with Crippen molar-refractivity contribution >= 4 is 11.9 Å². The fourth-order valence-electron chi connectivity index (χ4n) is 2.85. The van der Waals surface area contributed by atoms with Crippen LogP contribution in [0.3, 0.4) is 0 Å². The van der Waals surface area contributed by atoms with Gasteiger partial charge in [0.15, 0.2) is 17.4 Å². The fourth-order valence-corrected chi connectivity index (χ4v) is 2.85. The number of hydrogen-bond donors (Lipinski definition) is 0. The first-order chi connectivity index (χ1) is 12.7. The Balaban J connectivity index is 1.80. The van der Waals surface area contributed by atoms with E-state index in [1.54, 1.807) is 11.6 Å². The molecule has 0 N–H and O–H groups in total. The lowest BCUT2D eigenvalue weighted by Gasteiger charge is -2.23. The smallest absolute Gasteiger partial charge is 0.403 e. The van der Waals surface area contributed by atoms with Crippen molar-refractivity contribution in [2.45, 2.75) is 38.8 Å². The number of alkyl halides is 3. The molecule has 146 valence electrons.